The van der Waals surface area contributed by atoms with Gasteiger partial charge in [-0.05, 0) is 24.6 Å². The summed E-state index contributed by atoms with van der Waals surface area (Å²) in [4.78, 5) is 23.8. The maximum Gasteiger partial charge on any atom is 0.271 e. The number of primary amides is 1. The number of aryl methyl sites for hydroxylation is 1. The topological polar surface area (TPSA) is 128 Å². The zero-order valence-corrected chi connectivity index (χ0v) is 19.8. The first-order valence-corrected chi connectivity index (χ1v) is 12.0. The number of amides is 2. The highest BCUT2D eigenvalue weighted by atomic mass is 32.2. The van der Waals surface area contributed by atoms with Crippen LogP contribution in [0.2, 0.25) is 0 Å². The number of thioether (sulfide) groups is 1. The molecular formula is C23H21N7O2S2. The van der Waals surface area contributed by atoms with Gasteiger partial charge in [0.1, 0.15) is 17.2 Å². The monoisotopic (exact) mass is 491 g/mol. The van der Waals surface area contributed by atoms with E-state index in [-0.39, 0.29) is 12.5 Å². The van der Waals surface area contributed by atoms with Crippen LogP contribution in [0, 0.1) is 6.92 Å². The molecule has 0 aliphatic carbocycles. The van der Waals surface area contributed by atoms with E-state index in [9.17, 15) is 9.59 Å². The van der Waals surface area contributed by atoms with Gasteiger partial charge in [-0.2, -0.15) is 10.2 Å². The molecule has 0 saturated heterocycles. The largest absolute Gasteiger partial charge is 0.368 e. The molecule has 2 aromatic carbocycles. The van der Waals surface area contributed by atoms with Gasteiger partial charge < -0.3 is 5.73 Å². The minimum Gasteiger partial charge on any atom is -0.368 e. The van der Waals surface area contributed by atoms with E-state index in [1.165, 1.54) is 10.9 Å². The number of carbonyl (C=O) groups is 2. The van der Waals surface area contributed by atoms with Gasteiger partial charge in [0, 0.05) is 28.6 Å². The molecule has 4 aromatic rings. The van der Waals surface area contributed by atoms with Gasteiger partial charge >= 0.3 is 0 Å². The molecule has 2 heterocycles. The highest BCUT2D eigenvalue weighted by molar-refractivity contribution is 8.00. The molecule has 0 saturated carbocycles. The van der Waals surface area contributed by atoms with Gasteiger partial charge in [-0.15, -0.1) is 10.2 Å². The Balaban J connectivity index is 1.40. The highest BCUT2D eigenvalue weighted by Crippen LogP contribution is 2.25. The molecule has 2 amide bonds. The lowest BCUT2D eigenvalue weighted by Crippen LogP contribution is -2.18. The number of carbonyl (C=O) groups excluding carboxylic acids is 2. The highest BCUT2D eigenvalue weighted by Gasteiger charge is 2.11. The molecule has 11 heteroatoms. The average molecular weight is 492 g/mol. The zero-order chi connectivity index (χ0) is 23.9. The third-order valence-corrected chi connectivity index (χ3v) is 6.65. The molecule has 172 valence electrons. The van der Waals surface area contributed by atoms with Crippen LogP contribution in [0.3, 0.4) is 0 Å². The third kappa shape index (κ3) is 6.15. The van der Waals surface area contributed by atoms with E-state index in [0.717, 1.165) is 26.2 Å². The number of benzene rings is 2. The van der Waals surface area contributed by atoms with Crippen LogP contribution >= 0.6 is 23.1 Å². The molecule has 0 unspecified atom stereocenters. The number of hydrazone groups is 1. The predicted molar refractivity (Wildman–Crippen MR) is 133 cm³/mol. The number of rotatable bonds is 9. The van der Waals surface area contributed by atoms with Crippen molar-refractivity contribution in [1.82, 2.24) is 25.4 Å². The lowest BCUT2D eigenvalue weighted by molar-refractivity contribution is -0.118. The van der Waals surface area contributed by atoms with Gasteiger partial charge in [-0.3, -0.25) is 14.3 Å². The maximum atomic E-state index is 12.5. The molecule has 0 atom stereocenters. The van der Waals surface area contributed by atoms with Crippen LogP contribution in [-0.4, -0.2) is 38.0 Å². The summed E-state index contributed by atoms with van der Waals surface area (Å²) in [5, 5.41) is 17.6. The Morgan fingerprint density at radius 2 is 1.91 bits per heavy atom. The van der Waals surface area contributed by atoms with E-state index in [0.29, 0.717) is 16.8 Å². The molecule has 4 rings (SSSR count). The Kier molecular flexibility index (Phi) is 7.45. The van der Waals surface area contributed by atoms with Crippen LogP contribution in [0.4, 0.5) is 0 Å². The zero-order valence-electron chi connectivity index (χ0n) is 18.2. The molecule has 0 bridgehead atoms. The fourth-order valence-electron chi connectivity index (χ4n) is 3.05. The van der Waals surface area contributed by atoms with Crippen molar-refractivity contribution in [3.8, 4) is 11.3 Å². The van der Waals surface area contributed by atoms with Gasteiger partial charge in [0.15, 0.2) is 4.34 Å². The predicted octanol–water partition coefficient (Wildman–Crippen LogP) is 3.25. The van der Waals surface area contributed by atoms with Crippen LogP contribution < -0.4 is 11.2 Å². The molecule has 0 radical (unpaired) electrons. The summed E-state index contributed by atoms with van der Waals surface area (Å²) in [6, 6.07) is 16.8. The van der Waals surface area contributed by atoms with Crippen LogP contribution in [0.15, 0.2) is 70.2 Å². The lowest BCUT2D eigenvalue weighted by atomic mass is 10.1. The minimum atomic E-state index is -0.501. The van der Waals surface area contributed by atoms with Crippen molar-refractivity contribution in [2.45, 2.75) is 23.6 Å². The van der Waals surface area contributed by atoms with E-state index < -0.39 is 5.91 Å². The summed E-state index contributed by atoms with van der Waals surface area (Å²) < 4.78 is 2.37. The molecule has 34 heavy (non-hydrogen) atoms. The molecular weight excluding hydrogens is 470 g/mol. The summed E-state index contributed by atoms with van der Waals surface area (Å²) in [5.41, 5.74) is 11.5. The summed E-state index contributed by atoms with van der Waals surface area (Å²) in [7, 11) is 0. The summed E-state index contributed by atoms with van der Waals surface area (Å²) in [6.07, 6.45) is 3.16. The standard InChI is InChI=1S/C23H21N7O2S2/c1-15-26-28-23(34-15)33-14-16-7-9-18(10-8-16)22(32)27-25-11-19-12-30(13-20(24)31)29-21(19)17-5-3-2-4-6-17/h2-12H,13-14H2,1H3,(H2,24,31)(H,27,32). The Labute approximate surface area is 204 Å². The van der Waals surface area contributed by atoms with Crippen molar-refractivity contribution in [3.05, 3.63) is 82.5 Å². The van der Waals surface area contributed by atoms with Gasteiger partial charge in [-0.25, -0.2) is 5.43 Å². The van der Waals surface area contributed by atoms with Crippen molar-refractivity contribution in [3.63, 3.8) is 0 Å². The Morgan fingerprint density at radius 1 is 1.15 bits per heavy atom. The fraction of sp³-hybridized carbons (Fsp3) is 0.130. The summed E-state index contributed by atoms with van der Waals surface area (Å²) in [5.74, 6) is -0.0909. The first-order chi connectivity index (χ1) is 16.5. The molecule has 0 spiro atoms. The minimum absolute atomic E-state index is 0.0522. The van der Waals surface area contributed by atoms with E-state index in [1.54, 1.807) is 41.4 Å². The molecule has 2 aromatic heterocycles. The van der Waals surface area contributed by atoms with Crippen LogP contribution in [-0.2, 0) is 17.1 Å². The SMILES string of the molecule is Cc1nnc(SCc2ccc(C(=O)NN=Cc3cn(CC(N)=O)nc3-c3ccccc3)cc2)s1. The second-order valence-corrected chi connectivity index (χ2v) is 9.64. The van der Waals surface area contributed by atoms with E-state index >= 15 is 0 Å². The fourth-order valence-corrected chi connectivity index (χ4v) is 4.82. The number of hydrogen-bond acceptors (Lipinski definition) is 8. The van der Waals surface area contributed by atoms with E-state index in [4.69, 9.17) is 5.73 Å². The average Bonchev–Trinajstić information content (AvgIpc) is 3.43. The van der Waals surface area contributed by atoms with Crippen LogP contribution in [0.25, 0.3) is 11.3 Å². The molecule has 0 fully saturated rings. The second kappa shape index (κ2) is 10.9. The first kappa shape index (κ1) is 23.3. The summed E-state index contributed by atoms with van der Waals surface area (Å²) in [6.45, 7) is 1.87. The second-order valence-electron chi connectivity index (χ2n) is 7.23. The Hall–Kier alpha value is -3.83. The van der Waals surface area contributed by atoms with Gasteiger partial charge in [0.25, 0.3) is 5.91 Å². The van der Waals surface area contributed by atoms with Gasteiger partial charge in [0.2, 0.25) is 5.91 Å². The van der Waals surface area contributed by atoms with Crippen LogP contribution in [0.1, 0.15) is 26.5 Å². The lowest BCUT2D eigenvalue weighted by Gasteiger charge is -2.03. The Bertz CT molecular complexity index is 1310. The third-order valence-electron chi connectivity index (χ3n) is 4.61. The molecule has 3 N–H and O–H groups in total. The molecule has 9 nitrogen and oxygen atoms in total. The van der Waals surface area contributed by atoms with Crippen LogP contribution in [0.5, 0.6) is 0 Å². The number of aromatic nitrogens is 4. The number of nitrogens with zero attached hydrogens (tertiary/aromatic N) is 5. The van der Waals surface area contributed by atoms with E-state index in [1.807, 2.05) is 49.4 Å². The normalized spacial score (nSPS) is 11.1. The van der Waals surface area contributed by atoms with Gasteiger partial charge in [-0.1, -0.05) is 65.6 Å². The van der Waals surface area contributed by atoms with Crippen molar-refractivity contribution in [2.75, 3.05) is 0 Å². The molecule has 0 aliphatic rings. The quantitative estimate of drug-likeness (QED) is 0.210. The van der Waals surface area contributed by atoms with Crippen molar-refractivity contribution in [1.29, 1.82) is 0 Å². The van der Waals surface area contributed by atoms with E-state index in [2.05, 4.69) is 25.8 Å². The van der Waals surface area contributed by atoms with Crippen molar-refractivity contribution < 1.29 is 9.59 Å². The smallest absolute Gasteiger partial charge is 0.271 e. The first-order valence-electron chi connectivity index (χ1n) is 10.2. The maximum absolute atomic E-state index is 12.5. The number of nitrogens with two attached hydrogens (primary N) is 1. The number of hydrogen-bond donors (Lipinski definition) is 2. The van der Waals surface area contributed by atoms with Crippen molar-refractivity contribution in [2.24, 2.45) is 10.8 Å². The van der Waals surface area contributed by atoms with Gasteiger partial charge in [0.05, 0.1) is 6.21 Å². The van der Waals surface area contributed by atoms with Crippen molar-refractivity contribution >= 4 is 41.1 Å². The number of nitrogens with one attached hydrogen (secondary N) is 1. The Morgan fingerprint density at radius 3 is 2.59 bits per heavy atom. The summed E-state index contributed by atoms with van der Waals surface area (Å²) >= 11 is 3.17. The molecule has 0 aliphatic heterocycles.